The predicted octanol–water partition coefficient (Wildman–Crippen LogP) is 3.84. The van der Waals surface area contributed by atoms with Gasteiger partial charge in [0.15, 0.2) is 6.61 Å². The zero-order chi connectivity index (χ0) is 20.1. The summed E-state index contributed by atoms with van der Waals surface area (Å²) in [6.45, 7) is 8.18. The van der Waals surface area contributed by atoms with E-state index in [0.717, 1.165) is 5.56 Å². The van der Waals surface area contributed by atoms with Crippen molar-refractivity contribution in [3.8, 4) is 5.75 Å². The molecule has 0 saturated heterocycles. The third-order valence-electron chi connectivity index (χ3n) is 4.42. The molecule has 27 heavy (non-hydrogen) atoms. The zero-order valence-electron chi connectivity index (χ0n) is 16.8. The maximum absolute atomic E-state index is 12.3. The highest BCUT2D eigenvalue weighted by atomic mass is 16.5. The molecule has 2 rings (SSSR count). The van der Waals surface area contributed by atoms with Gasteiger partial charge >= 0.3 is 5.97 Å². The van der Waals surface area contributed by atoms with E-state index in [9.17, 15) is 9.59 Å². The molecular weight excluding hydrogens is 346 g/mol. The van der Waals surface area contributed by atoms with Crippen molar-refractivity contribution in [2.45, 2.75) is 40.2 Å². The largest absolute Gasteiger partial charge is 0.484 e. The average molecular weight is 373 g/mol. The smallest absolute Gasteiger partial charge is 0.341 e. The highest BCUT2D eigenvalue weighted by Gasteiger charge is 2.18. The number of furan rings is 1. The molecule has 0 N–H and O–H groups in total. The summed E-state index contributed by atoms with van der Waals surface area (Å²) >= 11 is 0. The first-order valence-corrected chi connectivity index (χ1v) is 8.87. The minimum atomic E-state index is -0.458. The van der Waals surface area contributed by atoms with Crippen molar-refractivity contribution >= 4 is 11.9 Å². The van der Waals surface area contributed by atoms with Crippen LogP contribution in [0.25, 0.3) is 0 Å². The van der Waals surface area contributed by atoms with Gasteiger partial charge in [0.2, 0.25) is 0 Å². The first kappa shape index (κ1) is 20.6. The van der Waals surface area contributed by atoms with Crippen LogP contribution in [0, 0.1) is 13.8 Å². The van der Waals surface area contributed by atoms with E-state index in [2.05, 4.69) is 13.8 Å². The van der Waals surface area contributed by atoms with E-state index in [4.69, 9.17) is 13.9 Å². The Balaban J connectivity index is 1.94. The minimum Gasteiger partial charge on any atom is -0.484 e. The molecule has 0 radical (unpaired) electrons. The van der Waals surface area contributed by atoms with Crippen molar-refractivity contribution < 1.29 is 23.5 Å². The van der Waals surface area contributed by atoms with E-state index in [-0.39, 0.29) is 19.1 Å². The van der Waals surface area contributed by atoms with E-state index in [0.29, 0.717) is 28.8 Å². The van der Waals surface area contributed by atoms with Crippen molar-refractivity contribution in [2.24, 2.45) is 0 Å². The Morgan fingerprint density at radius 3 is 2.48 bits per heavy atom. The van der Waals surface area contributed by atoms with Gasteiger partial charge in [0, 0.05) is 7.05 Å². The predicted molar refractivity (Wildman–Crippen MR) is 102 cm³/mol. The van der Waals surface area contributed by atoms with Crippen molar-refractivity contribution in [1.82, 2.24) is 4.90 Å². The molecule has 0 aliphatic rings. The van der Waals surface area contributed by atoms with Crippen molar-refractivity contribution in [1.29, 1.82) is 0 Å². The molecule has 0 fully saturated rings. The number of aryl methyl sites for hydroxylation is 2. The third-order valence-corrected chi connectivity index (χ3v) is 4.42. The van der Waals surface area contributed by atoms with Crippen LogP contribution >= 0.6 is 0 Å². The topological polar surface area (TPSA) is 69.0 Å². The molecule has 0 unspecified atom stereocenters. The fourth-order valence-electron chi connectivity index (χ4n) is 2.90. The molecule has 146 valence electrons. The quantitative estimate of drug-likeness (QED) is 0.690. The van der Waals surface area contributed by atoms with Crippen LogP contribution in [0.1, 0.15) is 52.8 Å². The molecule has 0 aliphatic carbocycles. The Hall–Kier alpha value is -2.76. The van der Waals surface area contributed by atoms with E-state index in [1.165, 1.54) is 17.6 Å². The van der Waals surface area contributed by atoms with Gasteiger partial charge in [-0.1, -0.05) is 19.9 Å². The lowest BCUT2D eigenvalue weighted by atomic mass is 9.98. The summed E-state index contributed by atoms with van der Waals surface area (Å²) in [6.07, 6.45) is 0. The van der Waals surface area contributed by atoms with Gasteiger partial charge in [-0.3, -0.25) is 4.79 Å². The van der Waals surface area contributed by atoms with Crippen LogP contribution in [0.4, 0.5) is 0 Å². The zero-order valence-corrected chi connectivity index (χ0v) is 16.8. The van der Waals surface area contributed by atoms with Crippen LogP contribution in [0.2, 0.25) is 0 Å². The Kier molecular flexibility index (Phi) is 6.66. The molecule has 6 nitrogen and oxygen atoms in total. The molecule has 0 atom stereocenters. The van der Waals surface area contributed by atoms with Crippen molar-refractivity contribution in [3.05, 3.63) is 52.5 Å². The van der Waals surface area contributed by atoms with E-state index >= 15 is 0 Å². The van der Waals surface area contributed by atoms with Crippen LogP contribution < -0.4 is 4.74 Å². The molecule has 0 saturated carbocycles. The summed E-state index contributed by atoms with van der Waals surface area (Å²) in [5.41, 5.74) is 2.77. The maximum atomic E-state index is 12.3. The summed E-state index contributed by atoms with van der Waals surface area (Å²) in [5, 5.41) is 0. The molecule has 2 aromatic rings. The molecule has 1 aromatic heterocycles. The molecule has 0 spiro atoms. The minimum absolute atomic E-state index is 0.0689. The van der Waals surface area contributed by atoms with Gasteiger partial charge in [0.1, 0.15) is 22.8 Å². The van der Waals surface area contributed by atoms with Crippen LogP contribution in [0.15, 0.2) is 28.7 Å². The van der Waals surface area contributed by atoms with E-state index in [1.807, 2.05) is 25.1 Å². The van der Waals surface area contributed by atoms with Gasteiger partial charge < -0.3 is 18.8 Å². The number of carbonyl (C=O) groups is 2. The van der Waals surface area contributed by atoms with Gasteiger partial charge in [-0.05, 0) is 49.1 Å². The highest BCUT2D eigenvalue weighted by Crippen LogP contribution is 2.23. The number of hydrogen-bond acceptors (Lipinski definition) is 5. The van der Waals surface area contributed by atoms with Crippen molar-refractivity contribution in [2.75, 3.05) is 20.8 Å². The highest BCUT2D eigenvalue weighted by molar-refractivity contribution is 5.90. The summed E-state index contributed by atoms with van der Waals surface area (Å²) in [4.78, 5) is 25.5. The van der Waals surface area contributed by atoms with Crippen molar-refractivity contribution in [3.63, 3.8) is 0 Å². The SMILES string of the molecule is COC(=O)c1cc(CN(C)C(=O)COc2ccc(C(C)C)c(C)c2)oc1C. The van der Waals surface area contributed by atoms with Crippen LogP contribution in [-0.2, 0) is 16.1 Å². The number of esters is 1. The maximum Gasteiger partial charge on any atom is 0.341 e. The van der Waals surface area contributed by atoms with Crippen LogP contribution in [0.5, 0.6) is 5.75 Å². The second kappa shape index (κ2) is 8.75. The Morgan fingerprint density at radius 2 is 1.89 bits per heavy atom. The number of hydrogen-bond donors (Lipinski definition) is 0. The lowest BCUT2D eigenvalue weighted by Crippen LogP contribution is -2.30. The second-order valence-electron chi connectivity index (χ2n) is 6.89. The summed E-state index contributed by atoms with van der Waals surface area (Å²) < 4.78 is 15.9. The molecular formula is C21H27NO5. The number of amides is 1. The molecule has 1 amide bonds. The Morgan fingerprint density at radius 1 is 1.19 bits per heavy atom. The van der Waals surface area contributed by atoms with Gasteiger partial charge in [-0.25, -0.2) is 4.79 Å². The van der Waals surface area contributed by atoms with Gasteiger partial charge in [0.05, 0.1) is 13.7 Å². The first-order chi connectivity index (χ1) is 12.7. The number of nitrogens with zero attached hydrogens (tertiary/aromatic N) is 1. The number of likely N-dealkylation sites (N-methyl/N-ethyl adjacent to an activating group) is 1. The normalized spacial score (nSPS) is 10.8. The number of carbonyl (C=O) groups excluding carboxylic acids is 2. The third kappa shape index (κ3) is 5.12. The molecule has 1 heterocycles. The molecule has 6 heteroatoms. The lowest BCUT2D eigenvalue weighted by Gasteiger charge is -2.17. The Labute approximate surface area is 160 Å². The summed E-state index contributed by atoms with van der Waals surface area (Å²) in [6, 6.07) is 7.46. The number of ether oxygens (including phenoxy) is 2. The van der Waals surface area contributed by atoms with Gasteiger partial charge in [0.25, 0.3) is 5.91 Å². The van der Waals surface area contributed by atoms with Gasteiger partial charge in [-0.2, -0.15) is 0 Å². The van der Waals surface area contributed by atoms with Crippen LogP contribution in [0.3, 0.4) is 0 Å². The summed E-state index contributed by atoms with van der Waals surface area (Å²) in [7, 11) is 2.98. The fraction of sp³-hybridized carbons (Fsp3) is 0.429. The fourth-order valence-corrected chi connectivity index (χ4v) is 2.90. The average Bonchev–Trinajstić information content (AvgIpc) is 2.98. The molecule has 0 bridgehead atoms. The second-order valence-corrected chi connectivity index (χ2v) is 6.89. The van der Waals surface area contributed by atoms with E-state index in [1.54, 1.807) is 20.0 Å². The first-order valence-electron chi connectivity index (χ1n) is 8.87. The molecule has 0 aliphatic heterocycles. The standard InChI is InChI=1S/C21H27NO5/c1-13(2)18-8-7-16(9-14(18)3)26-12-20(23)22(5)11-17-10-19(15(4)27-17)21(24)25-6/h7-10,13H,11-12H2,1-6H3. The lowest BCUT2D eigenvalue weighted by molar-refractivity contribution is -0.132. The van der Waals surface area contributed by atoms with Crippen LogP contribution in [-0.4, -0.2) is 37.5 Å². The monoisotopic (exact) mass is 373 g/mol. The summed E-state index contributed by atoms with van der Waals surface area (Å²) in [5.74, 6) is 1.45. The number of methoxy groups -OCH3 is 1. The number of benzene rings is 1. The molecule has 1 aromatic carbocycles. The van der Waals surface area contributed by atoms with E-state index < -0.39 is 5.97 Å². The Bertz CT molecular complexity index is 822. The number of rotatable bonds is 7. The van der Waals surface area contributed by atoms with Gasteiger partial charge in [-0.15, -0.1) is 0 Å².